The Hall–Kier alpha value is -0.570. The van der Waals surface area contributed by atoms with Crippen LogP contribution in [0.5, 0.6) is 0 Å². The minimum atomic E-state index is -0.704. The third kappa shape index (κ3) is 2.42. The third-order valence-corrected chi connectivity index (χ3v) is 5.36. The molecule has 2 fully saturated rings. The maximum Gasteiger partial charge on any atom is 0.303 e. The number of ether oxygens (including phenoxy) is 1. The molecule has 0 radical (unpaired) electrons. The molecular weight excluding hydrogens is 228 g/mol. The third-order valence-electron chi connectivity index (χ3n) is 5.36. The van der Waals surface area contributed by atoms with Crippen molar-refractivity contribution in [1.82, 2.24) is 0 Å². The minimum Gasteiger partial charge on any atom is -0.481 e. The number of fused-ring (bicyclic) bond motifs is 2. The summed E-state index contributed by atoms with van der Waals surface area (Å²) < 4.78 is 5.91. The summed E-state index contributed by atoms with van der Waals surface area (Å²) in [4.78, 5) is 10.9. The molecule has 2 rings (SSSR count). The number of carboxylic acid groups (broad SMARTS) is 1. The predicted octanol–water partition coefficient (Wildman–Crippen LogP) is 3.33. The van der Waals surface area contributed by atoms with Crippen LogP contribution in [0.4, 0.5) is 0 Å². The fraction of sp³-hybridized carbons (Fsp3) is 0.933. The van der Waals surface area contributed by atoms with E-state index in [1.807, 2.05) is 0 Å². The first-order chi connectivity index (χ1) is 8.48. The SMILES string of the molecule is COC1(CCC(=O)O)C(C)CC2CC(C)CC1C2. The van der Waals surface area contributed by atoms with E-state index < -0.39 is 5.97 Å². The Bertz CT molecular complexity index is 311. The molecule has 5 atom stereocenters. The molecule has 0 spiro atoms. The summed E-state index contributed by atoms with van der Waals surface area (Å²) in [5, 5.41) is 8.96. The van der Waals surface area contributed by atoms with Crippen molar-refractivity contribution in [3.05, 3.63) is 0 Å². The highest BCUT2D eigenvalue weighted by atomic mass is 16.5. The van der Waals surface area contributed by atoms with E-state index in [-0.39, 0.29) is 12.0 Å². The van der Waals surface area contributed by atoms with Crippen LogP contribution in [0, 0.1) is 23.7 Å². The van der Waals surface area contributed by atoms with E-state index in [1.165, 1.54) is 25.7 Å². The molecule has 3 nitrogen and oxygen atoms in total. The van der Waals surface area contributed by atoms with Gasteiger partial charge in [-0.2, -0.15) is 0 Å². The molecule has 0 heterocycles. The van der Waals surface area contributed by atoms with Gasteiger partial charge >= 0.3 is 5.97 Å². The van der Waals surface area contributed by atoms with Crippen LogP contribution >= 0.6 is 0 Å². The molecule has 0 aromatic carbocycles. The van der Waals surface area contributed by atoms with Crippen LogP contribution in [-0.2, 0) is 9.53 Å². The number of carboxylic acids is 1. The Morgan fingerprint density at radius 3 is 2.61 bits per heavy atom. The van der Waals surface area contributed by atoms with Gasteiger partial charge in [-0.05, 0) is 55.8 Å². The summed E-state index contributed by atoms with van der Waals surface area (Å²) in [6.45, 7) is 4.58. The Morgan fingerprint density at radius 2 is 2.00 bits per heavy atom. The minimum absolute atomic E-state index is 0.191. The average Bonchev–Trinajstić information content (AvgIpc) is 2.28. The summed E-state index contributed by atoms with van der Waals surface area (Å²) in [5.41, 5.74) is -0.191. The van der Waals surface area contributed by atoms with Crippen LogP contribution in [0.1, 0.15) is 52.4 Å². The smallest absolute Gasteiger partial charge is 0.303 e. The normalized spacial score (nSPS) is 43.7. The van der Waals surface area contributed by atoms with E-state index in [0.29, 0.717) is 18.3 Å². The summed E-state index contributed by atoms with van der Waals surface area (Å²) >= 11 is 0. The topological polar surface area (TPSA) is 46.5 Å². The first-order valence-corrected chi connectivity index (χ1v) is 7.25. The molecule has 5 unspecified atom stereocenters. The molecule has 104 valence electrons. The lowest BCUT2D eigenvalue weighted by atomic mass is 9.57. The molecular formula is C15H26O3. The Labute approximate surface area is 110 Å². The maximum absolute atomic E-state index is 10.9. The largest absolute Gasteiger partial charge is 0.481 e. The summed E-state index contributed by atoms with van der Waals surface area (Å²) in [7, 11) is 1.78. The second-order valence-electron chi connectivity index (χ2n) is 6.56. The van der Waals surface area contributed by atoms with E-state index in [1.54, 1.807) is 7.11 Å². The molecule has 0 aliphatic heterocycles. The van der Waals surface area contributed by atoms with E-state index >= 15 is 0 Å². The molecule has 2 aliphatic carbocycles. The first-order valence-electron chi connectivity index (χ1n) is 7.25. The number of carbonyl (C=O) groups is 1. The van der Waals surface area contributed by atoms with E-state index in [2.05, 4.69) is 13.8 Å². The lowest BCUT2D eigenvalue weighted by Gasteiger charge is -2.54. The highest BCUT2D eigenvalue weighted by molar-refractivity contribution is 5.66. The zero-order valence-electron chi connectivity index (χ0n) is 11.8. The monoisotopic (exact) mass is 254 g/mol. The molecule has 2 aliphatic rings. The van der Waals surface area contributed by atoms with Gasteiger partial charge in [-0.25, -0.2) is 0 Å². The van der Waals surface area contributed by atoms with Gasteiger partial charge in [0.15, 0.2) is 0 Å². The lowest BCUT2D eigenvalue weighted by molar-refractivity contribution is -0.161. The molecule has 0 saturated heterocycles. The van der Waals surface area contributed by atoms with E-state index in [9.17, 15) is 4.79 Å². The van der Waals surface area contributed by atoms with E-state index in [0.717, 1.165) is 11.8 Å². The number of methoxy groups -OCH3 is 1. The van der Waals surface area contributed by atoms with Crippen molar-refractivity contribution < 1.29 is 14.6 Å². The van der Waals surface area contributed by atoms with Crippen molar-refractivity contribution in [2.24, 2.45) is 23.7 Å². The first kappa shape index (κ1) is 13.9. The summed E-state index contributed by atoms with van der Waals surface area (Å²) in [5.74, 6) is 1.93. The van der Waals surface area contributed by atoms with Gasteiger partial charge in [0.1, 0.15) is 0 Å². The molecule has 2 bridgehead atoms. The molecule has 0 amide bonds. The van der Waals surface area contributed by atoms with Crippen molar-refractivity contribution in [3.8, 4) is 0 Å². The van der Waals surface area contributed by atoms with Crippen LogP contribution in [0.2, 0.25) is 0 Å². The average molecular weight is 254 g/mol. The highest BCUT2D eigenvalue weighted by Gasteiger charge is 2.50. The number of rotatable bonds is 4. The molecule has 0 aromatic heterocycles. The van der Waals surface area contributed by atoms with Gasteiger partial charge in [0, 0.05) is 13.5 Å². The Morgan fingerprint density at radius 1 is 1.28 bits per heavy atom. The van der Waals surface area contributed by atoms with E-state index in [4.69, 9.17) is 9.84 Å². The van der Waals surface area contributed by atoms with Gasteiger partial charge in [0.2, 0.25) is 0 Å². The van der Waals surface area contributed by atoms with Crippen molar-refractivity contribution >= 4 is 5.97 Å². The van der Waals surface area contributed by atoms with Gasteiger partial charge in [-0.1, -0.05) is 13.8 Å². The number of aliphatic carboxylic acids is 1. The van der Waals surface area contributed by atoms with Gasteiger partial charge in [0.05, 0.1) is 5.60 Å². The standard InChI is InChI=1S/C15H26O3/c1-10-6-12-8-11(2)15(18-3,5-4-14(16)17)13(7-10)9-12/h10-13H,4-9H2,1-3H3,(H,16,17). The van der Waals surface area contributed by atoms with Crippen LogP contribution < -0.4 is 0 Å². The number of hydrogen-bond acceptors (Lipinski definition) is 2. The second kappa shape index (κ2) is 5.20. The molecule has 0 aromatic rings. The Balaban J connectivity index is 2.17. The van der Waals surface area contributed by atoms with Crippen LogP contribution in [0.3, 0.4) is 0 Å². The summed E-state index contributed by atoms with van der Waals surface area (Å²) in [6.07, 6.45) is 5.89. The highest BCUT2D eigenvalue weighted by Crippen LogP contribution is 2.53. The maximum atomic E-state index is 10.9. The van der Waals surface area contributed by atoms with Crippen molar-refractivity contribution in [3.63, 3.8) is 0 Å². The van der Waals surface area contributed by atoms with Gasteiger partial charge in [-0.15, -0.1) is 0 Å². The second-order valence-corrected chi connectivity index (χ2v) is 6.56. The number of hydrogen-bond donors (Lipinski definition) is 1. The van der Waals surface area contributed by atoms with Gasteiger partial charge < -0.3 is 9.84 Å². The fourth-order valence-corrected chi connectivity index (χ4v) is 4.66. The van der Waals surface area contributed by atoms with Gasteiger partial charge in [-0.3, -0.25) is 4.79 Å². The molecule has 2 saturated carbocycles. The zero-order chi connectivity index (χ0) is 13.3. The van der Waals surface area contributed by atoms with Crippen molar-refractivity contribution in [2.45, 2.75) is 58.0 Å². The predicted molar refractivity (Wildman–Crippen MR) is 70.4 cm³/mol. The molecule has 18 heavy (non-hydrogen) atoms. The van der Waals surface area contributed by atoms with Gasteiger partial charge in [0.25, 0.3) is 0 Å². The Kier molecular flexibility index (Phi) is 4.00. The quantitative estimate of drug-likeness (QED) is 0.837. The zero-order valence-corrected chi connectivity index (χ0v) is 11.8. The lowest BCUT2D eigenvalue weighted by Crippen LogP contribution is -2.53. The van der Waals surface area contributed by atoms with Crippen LogP contribution in [0.25, 0.3) is 0 Å². The summed E-state index contributed by atoms with van der Waals surface area (Å²) in [6, 6.07) is 0. The van der Waals surface area contributed by atoms with Crippen molar-refractivity contribution in [1.29, 1.82) is 0 Å². The molecule has 1 N–H and O–H groups in total. The van der Waals surface area contributed by atoms with Crippen LogP contribution in [0.15, 0.2) is 0 Å². The van der Waals surface area contributed by atoms with Crippen LogP contribution in [-0.4, -0.2) is 23.8 Å². The molecule has 3 heteroatoms. The fourth-order valence-electron chi connectivity index (χ4n) is 4.66. The van der Waals surface area contributed by atoms with Crippen molar-refractivity contribution in [2.75, 3.05) is 7.11 Å².